The van der Waals surface area contributed by atoms with Crippen molar-refractivity contribution in [3.05, 3.63) is 48.3 Å². The molecule has 3 aliphatic heterocycles. The molecule has 0 spiro atoms. The topological polar surface area (TPSA) is 49.3 Å². The zero-order valence-electron chi connectivity index (χ0n) is 16.3. The minimum absolute atomic E-state index is 0.0852. The first-order chi connectivity index (χ1) is 13.8. The summed E-state index contributed by atoms with van der Waals surface area (Å²) in [5.41, 5.74) is 1.58. The lowest BCUT2D eigenvalue weighted by atomic mass is 9.83. The molecule has 1 saturated carbocycles. The van der Waals surface area contributed by atoms with Gasteiger partial charge in [0.05, 0.1) is 5.56 Å². The minimum atomic E-state index is 0.0852. The van der Waals surface area contributed by atoms with Gasteiger partial charge in [-0.2, -0.15) is 0 Å². The van der Waals surface area contributed by atoms with Gasteiger partial charge in [-0.3, -0.25) is 9.69 Å². The third-order valence-electron chi connectivity index (χ3n) is 6.76. The molecular weight excluding hydrogens is 348 g/mol. The van der Waals surface area contributed by atoms with E-state index in [1.54, 1.807) is 12.4 Å². The van der Waals surface area contributed by atoms with Gasteiger partial charge in [0, 0.05) is 50.2 Å². The van der Waals surface area contributed by atoms with Crippen molar-refractivity contribution in [1.82, 2.24) is 19.8 Å². The van der Waals surface area contributed by atoms with E-state index >= 15 is 0 Å². The highest BCUT2D eigenvalue weighted by Crippen LogP contribution is 2.33. The van der Waals surface area contributed by atoms with Crippen LogP contribution >= 0.6 is 0 Å². The fourth-order valence-corrected chi connectivity index (χ4v) is 4.93. The van der Waals surface area contributed by atoms with Gasteiger partial charge in [-0.25, -0.2) is 9.97 Å². The number of benzene rings is 1. The molecule has 1 aliphatic carbocycles. The maximum atomic E-state index is 13.1. The van der Waals surface area contributed by atoms with Crippen molar-refractivity contribution >= 4 is 5.91 Å². The van der Waals surface area contributed by atoms with E-state index in [-0.39, 0.29) is 5.91 Å². The molecule has 2 bridgehead atoms. The van der Waals surface area contributed by atoms with Gasteiger partial charge in [0.25, 0.3) is 5.91 Å². The monoisotopic (exact) mass is 376 g/mol. The first-order valence-corrected chi connectivity index (χ1v) is 10.7. The van der Waals surface area contributed by atoms with Crippen molar-refractivity contribution < 1.29 is 4.79 Å². The van der Waals surface area contributed by atoms with Crippen LogP contribution in [0.5, 0.6) is 0 Å². The summed E-state index contributed by atoms with van der Waals surface area (Å²) in [6.07, 6.45) is 10.0. The van der Waals surface area contributed by atoms with E-state index in [1.165, 1.54) is 38.6 Å². The van der Waals surface area contributed by atoms with Gasteiger partial charge in [0.15, 0.2) is 5.82 Å². The number of amides is 1. The fraction of sp³-hybridized carbons (Fsp3) is 0.522. The van der Waals surface area contributed by atoms with E-state index in [0.29, 0.717) is 23.3 Å². The Morgan fingerprint density at radius 3 is 2.46 bits per heavy atom. The Kier molecular flexibility index (Phi) is 4.85. The Morgan fingerprint density at radius 2 is 1.75 bits per heavy atom. The highest BCUT2D eigenvalue weighted by Gasteiger charge is 2.38. The number of nitrogens with zero attached hydrogens (tertiary/aromatic N) is 4. The van der Waals surface area contributed by atoms with E-state index in [1.807, 2.05) is 30.3 Å². The molecule has 6 rings (SSSR count). The van der Waals surface area contributed by atoms with Gasteiger partial charge in [-0.15, -0.1) is 0 Å². The second kappa shape index (κ2) is 7.63. The minimum Gasteiger partial charge on any atom is -0.337 e. The molecule has 4 fully saturated rings. The third-order valence-corrected chi connectivity index (χ3v) is 6.76. The molecule has 5 heteroatoms. The Hall–Kier alpha value is -2.27. The van der Waals surface area contributed by atoms with Crippen molar-refractivity contribution in [3.8, 4) is 11.4 Å². The van der Waals surface area contributed by atoms with Crippen LogP contribution in [0.3, 0.4) is 0 Å². The summed E-state index contributed by atoms with van der Waals surface area (Å²) in [6, 6.07) is 10.4. The summed E-state index contributed by atoms with van der Waals surface area (Å²) < 4.78 is 0. The average molecular weight is 377 g/mol. The van der Waals surface area contributed by atoms with Crippen LogP contribution < -0.4 is 0 Å². The fourth-order valence-electron chi connectivity index (χ4n) is 4.93. The Bertz CT molecular complexity index is 818. The second-order valence-electron chi connectivity index (χ2n) is 8.72. The normalized spacial score (nSPS) is 25.4. The third kappa shape index (κ3) is 3.55. The number of carbonyl (C=O) groups excluding carboxylic acids is 1. The standard InChI is InChI=1S/C23H28N4O/c28-23(20-11-24-22(25-12-20)19-7-2-1-3-8-19)27-15-18-9-10-21(16-27)26(14-18)13-17-5-4-6-17/h1-3,7-8,11-12,17-18,21H,4-6,9-10,13-16H2/t18-,21-/m0/s1. The first-order valence-electron chi connectivity index (χ1n) is 10.7. The zero-order chi connectivity index (χ0) is 18.9. The molecule has 0 unspecified atom stereocenters. The lowest BCUT2D eigenvalue weighted by Gasteiger charge is -2.40. The lowest BCUT2D eigenvalue weighted by Crippen LogP contribution is -2.47. The molecule has 4 heterocycles. The van der Waals surface area contributed by atoms with E-state index in [4.69, 9.17) is 0 Å². The van der Waals surface area contributed by atoms with Crippen molar-refractivity contribution in [2.45, 2.75) is 38.1 Å². The molecule has 1 aromatic carbocycles. The maximum absolute atomic E-state index is 13.1. The molecule has 2 aromatic rings. The maximum Gasteiger partial charge on any atom is 0.257 e. The lowest BCUT2D eigenvalue weighted by molar-refractivity contribution is 0.0716. The SMILES string of the molecule is O=C(c1cnc(-c2ccccc2)nc1)N1C[C@H]2CC[C@@H](C1)N(CC1CCC1)C2. The van der Waals surface area contributed by atoms with Crippen LogP contribution in [0.25, 0.3) is 11.4 Å². The van der Waals surface area contributed by atoms with Gasteiger partial charge < -0.3 is 4.90 Å². The average Bonchev–Trinajstić information content (AvgIpc) is 3.03. The number of hydrogen-bond acceptors (Lipinski definition) is 4. The number of piperidine rings is 1. The highest BCUT2D eigenvalue weighted by atomic mass is 16.2. The van der Waals surface area contributed by atoms with Gasteiger partial charge in [-0.05, 0) is 37.5 Å². The highest BCUT2D eigenvalue weighted by molar-refractivity contribution is 5.93. The molecule has 2 atom stereocenters. The summed E-state index contributed by atoms with van der Waals surface area (Å²) >= 11 is 0. The van der Waals surface area contributed by atoms with Gasteiger partial charge in [0.2, 0.25) is 0 Å². The predicted octanol–water partition coefficient (Wildman–Crippen LogP) is 3.48. The van der Waals surface area contributed by atoms with Crippen molar-refractivity contribution in [2.24, 2.45) is 11.8 Å². The molecule has 146 valence electrons. The molecule has 4 aliphatic rings. The van der Waals surface area contributed by atoms with Gasteiger partial charge in [-0.1, -0.05) is 36.8 Å². The van der Waals surface area contributed by atoms with Crippen LogP contribution in [-0.2, 0) is 0 Å². The van der Waals surface area contributed by atoms with Crippen molar-refractivity contribution in [2.75, 3.05) is 26.2 Å². The van der Waals surface area contributed by atoms with E-state index < -0.39 is 0 Å². The van der Waals surface area contributed by atoms with Gasteiger partial charge >= 0.3 is 0 Å². The quantitative estimate of drug-likeness (QED) is 0.820. The number of fused-ring (bicyclic) bond motifs is 4. The van der Waals surface area contributed by atoms with Gasteiger partial charge in [0.1, 0.15) is 0 Å². The number of carbonyl (C=O) groups is 1. The zero-order valence-corrected chi connectivity index (χ0v) is 16.3. The van der Waals surface area contributed by atoms with Crippen LogP contribution in [0.1, 0.15) is 42.5 Å². The number of rotatable bonds is 4. The number of aromatic nitrogens is 2. The Labute approximate surface area is 166 Å². The molecule has 5 nitrogen and oxygen atoms in total. The summed E-state index contributed by atoms with van der Waals surface area (Å²) in [7, 11) is 0. The summed E-state index contributed by atoms with van der Waals surface area (Å²) in [4.78, 5) is 26.8. The first kappa shape index (κ1) is 17.8. The van der Waals surface area contributed by atoms with Crippen LogP contribution in [0.4, 0.5) is 0 Å². The molecule has 1 amide bonds. The Balaban J connectivity index is 1.29. The summed E-state index contributed by atoms with van der Waals surface area (Å²) in [5.74, 6) is 2.25. The van der Waals surface area contributed by atoms with Crippen LogP contribution in [-0.4, -0.2) is 57.9 Å². The predicted molar refractivity (Wildman–Crippen MR) is 109 cm³/mol. The van der Waals surface area contributed by atoms with E-state index in [2.05, 4.69) is 19.8 Å². The second-order valence-corrected chi connectivity index (χ2v) is 8.72. The molecule has 28 heavy (non-hydrogen) atoms. The van der Waals surface area contributed by atoms with Crippen LogP contribution in [0, 0.1) is 11.8 Å². The molecule has 3 saturated heterocycles. The van der Waals surface area contributed by atoms with Crippen molar-refractivity contribution in [3.63, 3.8) is 0 Å². The largest absolute Gasteiger partial charge is 0.337 e. The molecule has 0 radical (unpaired) electrons. The molecule has 1 aromatic heterocycles. The molecule has 0 N–H and O–H groups in total. The molecular formula is C23H28N4O. The summed E-state index contributed by atoms with van der Waals surface area (Å²) in [6.45, 7) is 4.12. The van der Waals surface area contributed by atoms with E-state index in [0.717, 1.165) is 31.1 Å². The number of hydrogen-bond donors (Lipinski definition) is 0. The van der Waals surface area contributed by atoms with Crippen LogP contribution in [0.2, 0.25) is 0 Å². The smallest absolute Gasteiger partial charge is 0.257 e. The van der Waals surface area contributed by atoms with E-state index in [9.17, 15) is 4.79 Å². The van der Waals surface area contributed by atoms with Crippen LogP contribution in [0.15, 0.2) is 42.7 Å². The Morgan fingerprint density at radius 1 is 0.964 bits per heavy atom. The van der Waals surface area contributed by atoms with Crippen molar-refractivity contribution in [1.29, 1.82) is 0 Å². The summed E-state index contributed by atoms with van der Waals surface area (Å²) in [5, 5.41) is 0.